The van der Waals surface area contributed by atoms with Gasteiger partial charge in [-0.2, -0.15) is 5.26 Å². The molecule has 0 aromatic heterocycles. The topological polar surface area (TPSA) is 47.3 Å². The van der Waals surface area contributed by atoms with E-state index in [0.29, 0.717) is 13.1 Å². The molecule has 1 atom stereocenters. The van der Waals surface area contributed by atoms with Crippen molar-refractivity contribution in [2.75, 3.05) is 26.2 Å². The molecular formula is C17H23N3O. The van der Waals surface area contributed by atoms with Gasteiger partial charge in [-0.15, -0.1) is 0 Å². The number of nitrogens with zero attached hydrogens (tertiary/aromatic N) is 3. The Kier molecular flexibility index (Phi) is 4.64. The van der Waals surface area contributed by atoms with Gasteiger partial charge in [0.25, 0.3) is 0 Å². The predicted molar refractivity (Wildman–Crippen MR) is 82.7 cm³/mol. The molecule has 0 spiro atoms. The molecule has 0 radical (unpaired) electrons. The van der Waals surface area contributed by atoms with E-state index in [2.05, 4.69) is 11.0 Å². The summed E-state index contributed by atoms with van der Waals surface area (Å²) in [4.78, 5) is 16.9. The van der Waals surface area contributed by atoms with Crippen LogP contribution in [-0.4, -0.2) is 47.9 Å². The Morgan fingerprint density at radius 2 is 1.76 bits per heavy atom. The van der Waals surface area contributed by atoms with Crippen LogP contribution in [0.15, 0.2) is 30.3 Å². The Morgan fingerprint density at radius 3 is 2.29 bits per heavy atom. The van der Waals surface area contributed by atoms with Crippen LogP contribution in [0.1, 0.15) is 26.3 Å². The molecule has 112 valence electrons. The average Bonchev–Trinajstić information content (AvgIpc) is 2.54. The first kappa shape index (κ1) is 15.5. The van der Waals surface area contributed by atoms with Crippen molar-refractivity contribution in [2.24, 2.45) is 0 Å². The van der Waals surface area contributed by atoms with E-state index < -0.39 is 5.41 Å². The second-order valence-corrected chi connectivity index (χ2v) is 6.12. The zero-order valence-electron chi connectivity index (χ0n) is 13.0. The van der Waals surface area contributed by atoms with E-state index in [-0.39, 0.29) is 11.9 Å². The fourth-order valence-corrected chi connectivity index (χ4v) is 2.77. The van der Waals surface area contributed by atoms with Gasteiger partial charge in [-0.3, -0.25) is 9.69 Å². The number of carbonyl (C=O) groups is 1. The van der Waals surface area contributed by atoms with Crippen molar-refractivity contribution in [3.63, 3.8) is 0 Å². The van der Waals surface area contributed by atoms with Gasteiger partial charge in [0.2, 0.25) is 5.91 Å². The molecule has 1 amide bonds. The number of rotatable bonds is 3. The van der Waals surface area contributed by atoms with Crippen LogP contribution in [0.2, 0.25) is 0 Å². The van der Waals surface area contributed by atoms with Crippen LogP contribution in [0.4, 0.5) is 0 Å². The van der Waals surface area contributed by atoms with E-state index in [0.717, 1.165) is 18.7 Å². The normalized spacial score (nSPS) is 18.1. The molecule has 1 aromatic carbocycles. The number of amides is 1. The first-order chi connectivity index (χ1) is 9.96. The third kappa shape index (κ3) is 3.25. The zero-order valence-corrected chi connectivity index (χ0v) is 13.0. The molecule has 1 aromatic rings. The third-order valence-electron chi connectivity index (χ3n) is 4.37. The van der Waals surface area contributed by atoms with E-state index >= 15 is 0 Å². The van der Waals surface area contributed by atoms with Crippen molar-refractivity contribution in [2.45, 2.75) is 32.2 Å². The summed E-state index contributed by atoms with van der Waals surface area (Å²) in [6, 6.07) is 12.1. The summed E-state index contributed by atoms with van der Waals surface area (Å²) in [7, 11) is 0. The minimum absolute atomic E-state index is 0.0793. The molecular weight excluding hydrogens is 262 g/mol. The molecule has 0 N–H and O–H groups in total. The van der Waals surface area contributed by atoms with Crippen LogP contribution >= 0.6 is 0 Å². The standard InChI is InChI=1S/C17H23N3O/c1-14(13-18)19-9-11-20(12-10-19)16(21)17(2,3)15-7-5-4-6-8-15/h4-8,14H,9-12H2,1-3H3. The fourth-order valence-electron chi connectivity index (χ4n) is 2.77. The van der Waals surface area contributed by atoms with E-state index in [1.165, 1.54) is 0 Å². The summed E-state index contributed by atoms with van der Waals surface area (Å²) in [6.07, 6.45) is 0. The second kappa shape index (κ2) is 6.28. The lowest BCUT2D eigenvalue weighted by Crippen LogP contribution is -2.54. The van der Waals surface area contributed by atoms with Gasteiger partial charge in [0.1, 0.15) is 0 Å². The minimum Gasteiger partial charge on any atom is -0.339 e. The molecule has 1 aliphatic rings. The summed E-state index contributed by atoms with van der Waals surface area (Å²) in [5.74, 6) is 0.165. The quantitative estimate of drug-likeness (QED) is 0.853. The summed E-state index contributed by atoms with van der Waals surface area (Å²) < 4.78 is 0. The number of nitriles is 1. The van der Waals surface area contributed by atoms with Crippen molar-refractivity contribution in [3.8, 4) is 6.07 Å². The molecule has 21 heavy (non-hydrogen) atoms. The van der Waals surface area contributed by atoms with E-state index in [1.54, 1.807) is 0 Å². The lowest BCUT2D eigenvalue weighted by Gasteiger charge is -2.39. The fraction of sp³-hybridized carbons (Fsp3) is 0.529. The Balaban J connectivity index is 2.04. The van der Waals surface area contributed by atoms with Crippen LogP contribution < -0.4 is 0 Å². The lowest BCUT2D eigenvalue weighted by atomic mass is 9.83. The van der Waals surface area contributed by atoms with Gasteiger partial charge in [-0.05, 0) is 26.3 Å². The third-order valence-corrected chi connectivity index (χ3v) is 4.37. The van der Waals surface area contributed by atoms with Crippen LogP contribution in [0.5, 0.6) is 0 Å². The van der Waals surface area contributed by atoms with E-state index in [1.807, 2.05) is 56.0 Å². The van der Waals surface area contributed by atoms with Crippen molar-refractivity contribution in [1.82, 2.24) is 9.80 Å². The summed E-state index contributed by atoms with van der Waals surface area (Å²) in [5.41, 5.74) is 0.535. The van der Waals surface area contributed by atoms with Gasteiger partial charge >= 0.3 is 0 Å². The molecule has 0 saturated carbocycles. The van der Waals surface area contributed by atoms with Crippen molar-refractivity contribution >= 4 is 5.91 Å². The van der Waals surface area contributed by atoms with Gasteiger partial charge in [-0.1, -0.05) is 30.3 Å². The largest absolute Gasteiger partial charge is 0.339 e. The predicted octanol–water partition coefficient (Wildman–Crippen LogP) is 2.02. The lowest BCUT2D eigenvalue weighted by molar-refractivity contribution is -0.138. The maximum atomic E-state index is 12.8. The first-order valence-electron chi connectivity index (χ1n) is 7.45. The van der Waals surface area contributed by atoms with Gasteiger partial charge < -0.3 is 4.90 Å². The van der Waals surface area contributed by atoms with E-state index in [4.69, 9.17) is 5.26 Å². The summed E-state index contributed by atoms with van der Waals surface area (Å²) >= 11 is 0. The molecule has 2 rings (SSSR count). The highest BCUT2D eigenvalue weighted by Crippen LogP contribution is 2.26. The smallest absolute Gasteiger partial charge is 0.232 e. The van der Waals surface area contributed by atoms with Crippen molar-refractivity contribution in [1.29, 1.82) is 5.26 Å². The first-order valence-corrected chi connectivity index (χ1v) is 7.45. The molecule has 1 saturated heterocycles. The Bertz CT molecular complexity index is 525. The van der Waals surface area contributed by atoms with Gasteiger partial charge in [-0.25, -0.2) is 0 Å². The minimum atomic E-state index is -0.510. The highest BCUT2D eigenvalue weighted by atomic mass is 16.2. The Labute approximate surface area is 127 Å². The summed E-state index contributed by atoms with van der Waals surface area (Å²) in [6.45, 7) is 8.80. The van der Waals surface area contributed by atoms with Crippen LogP contribution in [-0.2, 0) is 10.2 Å². The maximum Gasteiger partial charge on any atom is 0.232 e. The number of piperazine rings is 1. The molecule has 1 heterocycles. The molecule has 1 fully saturated rings. The number of carbonyl (C=O) groups excluding carboxylic acids is 1. The molecule has 0 bridgehead atoms. The highest BCUT2D eigenvalue weighted by Gasteiger charge is 2.35. The number of hydrogen-bond donors (Lipinski definition) is 0. The zero-order chi connectivity index (χ0) is 15.5. The van der Waals surface area contributed by atoms with Gasteiger partial charge in [0.15, 0.2) is 0 Å². The molecule has 1 aliphatic heterocycles. The van der Waals surface area contributed by atoms with Crippen molar-refractivity contribution in [3.05, 3.63) is 35.9 Å². The number of hydrogen-bond acceptors (Lipinski definition) is 3. The van der Waals surface area contributed by atoms with Crippen molar-refractivity contribution < 1.29 is 4.79 Å². The monoisotopic (exact) mass is 285 g/mol. The van der Waals surface area contributed by atoms with Crippen LogP contribution in [0.25, 0.3) is 0 Å². The highest BCUT2D eigenvalue weighted by molar-refractivity contribution is 5.87. The Hall–Kier alpha value is -1.86. The molecule has 4 nitrogen and oxygen atoms in total. The molecule has 4 heteroatoms. The second-order valence-electron chi connectivity index (χ2n) is 6.12. The SMILES string of the molecule is CC(C#N)N1CCN(C(=O)C(C)(C)c2ccccc2)CC1. The summed E-state index contributed by atoms with van der Waals surface area (Å²) in [5, 5.41) is 8.97. The van der Waals surface area contributed by atoms with Gasteiger partial charge in [0.05, 0.1) is 17.5 Å². The van der Waals surface area contributed by atoms with Crippen LogP contribution in [0, 0.1) is 11.3 Å². The number of benzene rings is 1. The average molecular weight is 285 g/mol. The van der Waals surface area contributed by atoms with Crippen LogP contribution in [0.3, 0.4) is 0 Å². The molecule has 1 unspecified atom stereocenters. The van der Waals surface area contributed by atoms with Gasteiger partial charge in [0, 0.05) is 26.2 Å². The Morgan fingerprint density at radius 1 is 1.19 bits per heavy atom. The maximum absolute atomic E-state index is 12.8. The molecule has 0 aliphatic carbocycles. The van der Waals surface area contributed by atoms with E-state index in [9.17, 15) is 4.79 Å².